The molecule has 0 atom stereocenters. The van der Waals surface area contributed by atoms with Gasteiger partial charge in [0.25, 0.3) is 0 Å². The van der Waals surface area contributed by atoms with Crippen LogP contribution in [-0.4, -0.2) is 31.4 Å². The summed E-state index contributed by atoms with van der Waals surface area (Å²) in [5.74, 6) is 1.45. The zero-order valence-corrected chi connectivity index (χ0v) is 18.2. The van der Waals surface area contributed by atoms with Crippen molar-refractivity contribution in [2.45, 2.75) is 25.7 Å². The van der Waals surface area contributed by atoms with E-state index in [1.807, 2.05) is 36.4 Å². The monoisotopic (exact) mass is 443 g/mol. The van der Waals surface area contributed by atoms with Crippen molar-refractivity contribution in [2.24, 2.45) is 5.73 Å². The second-order valence-corrected chi connectivity index (χ2v) is 8.03. The normalized spacial score (nSPS) is 11.4. The van der Waals surface area contributed by atoms with Gasteiger partial charge in [0.05, 0.1) is 23.2 Å². The predicted octanol–water partition coefficient (Wildman–Crippen LogP) is 5.23. The molecule has 0 spiro atoms. The Hall–Kier alpha value is -1.46. The molecule has 2 rings (SSSR count). The van der Waals surface area contributed by atoms with Crippen molar-refractivity contribution in [2.75, 3.05) is 25.6 Å². The molecule has 0 aromatic heterocycles. The molecule has 0 radical (unpaired) electrons. The highest BCUT2D eigenvalue weighted by molar-refractivity contribution is 6.37. The molecule has 7 heteroatoms. The minimum absolute atomic E-state index is 0.0295. The Morgan fingerprint density at radius 3 is 2.18 bits per heavy atom. The number of ether oxygens (including phenoxy) is 2. The van der Waals surface area contributed by atoms with E-state index in [0.29, 0.717) is 40.5 Å². The van der Waals surface area contributed by atoms with Gasteiger partial charge in [-0.15, -0.1) is 11.6 Å². The lowest BCUT2D eigenvalue weighted by molar-refractivity contribution is -0.119. The smallest absolute Gasteiger partial charge is 0.183 e. The highest BCUT2D eigenvalue weighted by Crippen LogP contribution is 2.40. The number of Topliss-reactive ketones (excluding diaryl/α,β-unsaturated/α-hetero) is 1. The Bertz CT molecular complexity index is 784. The third kappa shape index (κ3) is 5.77. The van der Waals surface area contributed by atoms with E-state index < -0.39 is 0 Å². The number of carbonyl (C=O) groups excluding carboxylic acids is 1. The molecule has 2 aromatic rings. The lowest BCUT2D eigenvalue weighted by Gasteiger charge is -2.27. The molecule has 2 aromatic carbocycles. The molecule has 4 nitrogen and oxygen atoms in total. The second kappa shape index (κ2) is 10.4. The van der Waals surface area contributed by atoms with Crippen LogP contribution >= 0.6 is 34.8 Å². The van der Waals surface area contributed by atoms with Gasteiger partial charge >= 0.3 is 0 Å². The van der Waals surface area contributed by atoms with Crippen LogP contribution in [0.4, 0.5) is 0 Å². The fourth-order valence-corrected chi connectivity index (χ4v) is 3.35. The Morgan fingerprint density at radius 2 is 1.64 bits per heavy atom. The third-order valence-electron chi connectivity index (χ3n) is 4.45. The van der Waals surface area contributed by atoms with Crippen molar-refractivity contribution < 1.29 is 14.3 Å². The Labute approximate surface area is 180 Å². The predicted molar refractivity (Wildman–Crippen MR) is 115 cm³/mol. The quantitative estimate of drug-likeness (QED) is 0.402. The Balaban J connectivity index is 2.20. The maximum atomic E-state index is 11.3. The summed E-state index contributed by atoms with van der Waals surface area (Å²) >= 11 is 18.5. The van der Waals surface area contributed by atoms with Gasteiger partial charge in [0.15, 0.2) is 11.5 Å². The largest absolute Gasteiger partial charge is 0.490 e. The van der Waals surface area contributed by atoms with Crippen LogP contribution in [0.1, 0.15) is 31.4 Å². The van der Waals surface area contributed by atoms with Gasteiger partial charge in [-0.2, -0.15) is 0 Å². The van der Waals surface area contributed by atoms with E-state index in [4.69, 9.17) is 50.0 Å². The van der Waals surface area contributed by atoms with Crippen LogP contribution < -0.4 is 15.2 Å². The molecule has 0 bridgehead atoms. The van der Waals surface area contributed by atoms with Gasteiger partial charge in [0.2, 0.25) is 0 Å². The standard InChI is InChI=1S/C21H24Cl3NO3/c1-21(2,14-4-6-17(7-5-14)28-13-16(26)12-25)15-10-18(23)20(19(24)11-15)27-9-3-8-22/h4-7,10-11H,3,8-9,12-13,25H2,1-2H3. The van der Waals surface area contributed by atoms with Gasteiger partial charge in [-0.05, 0) is 41.8 Å². The summed E-state index contributed by atoms with van der Waals surface area (Å²) < 4.78 is 11.1. The number of halogens is 3. The Kier molecular flexibility index (Phi) is 8.44. The van der Waals surface area contributed by atoms with E-state index in [1.54, 1.807) is 0 Å². The highest BCUT2D eigenvalue weighted by Gasteiger charge is 2.25. The first-order valence-corrected chi connectivity index (χ1v) is 10.2. The molecule has 0 aliphatic carbocycles. The van der Waals surface area contributed by atoms with Crippen LogP contribution in [0, 0.1) is 0 Å². The molecule has 0 heterocycles. The maximum Gasteiger partial charge on any atom is 0.183 e. The number of hydrogen-bond acceptors (Lipinski definition) is 4. The number of hydrogen-bond donors (Lipinski definition) is 1. The fourth-order valence-electron chi connectivity index (χ4n) is 2.64. The van der Waals surface area contributed by atoms with Gasteiger partial charge in [-0.1, -0.05) is 49.2 Å². The molecule has 0 aliphatic rings. The summed E-state index contributed by atoms with van der Waals surface area (Å²) in [6.45, 7) is 4.56. The summed E-state index contributed by atoms with van der Waals surface area (Å²) in [6, 6.07) is 11.3. The van der Waals surface area contributed by atoms with Crippen LogP contribution in [0.15, 0.2) is 36.4 Å². The molecule has 0 aliphatic heterocycles. The van der Waals surface area contributed by atoms with Crippen molar-refractivity contribution >= 4 is 40.6 Å². The van der Waals surface area contributed by atoms with Crippen molar-refractivity contribution in [1.82, 2.24) is 0 Å². The van der Waals surface area contributed by atoms with Gasteiger partial charge in [-0.3, -0.25) is 4.79 Å². The van der Waals surface area contributed by atoms with E-state index in [1.165, 1.54) is 0 Å². The summed E-state index contributed by atoms with van der Waals surface area (Å²) in [5.41, 5.74) is 6.94. The average Bonchev–Trinajstić information content (AvgIpc) is 2.68. The van der Waals surface area contributed by atoms with Gasteiger partial charge in [-0.25, -0.2) is 0 Å². The lowest BCUT2D eigenvalue weighted by Crippen LogP contribution is -2.21. The summed E-state index contributed by atoms with van der Waals surface area (Å²) in [4.78, 5) is 11.3. The van der Waals surface area contributed by atoms with Gasteiger partial charge in [0, 0.05) is 11.3 Å². The molecule has 152 valence electrons. The van der Waals surface area contributed by atoms with E-state index in [0.717, 1.165) is 11.1 Å². The number of rotatable bonds is 10. The second-order valence-electron chi connectivity index (χ2n) is 6.84. The minimum atomic E-state index is -0.354. The van der Waals surface area contributed by atoms with Crippen LogP contribution in [0.3, 0.4) is 0 Å². The number of alkyl halides is 1. The third-order valence-corrected chi connectivity index (χ3v) is 5.28. The van der Waals surface area contributed by atoms with Gasteiger partial charge in [0.1, 0.15) is 12.4 Å². The average molecular weight is 445 g/mol. The molecule has 0 fully saturated rings. The topological polar surface area (TPSA) is 61.5 Å². The first-order valence-electron chi connectivity index (χ1n) is 8.93. The van der Waals surface area contributed by atoms with E-state index in [9.17, 15) is 4.79 Å². The van der Waals surface area contributed by atoms with Crippen molar-refractivity contribution in [3.63, 3.8) is 0 Å². The van der Waals surface area contributed by atoms with Crippen molar-refractivity contribution in [3.8, 4) is 11.5 Å². The van der Waals surface area contributed by atoms with Crippen LogP contribution in [-0.2, 0) is 10.2 Å². The van der Waals surface area contributed by atoms with E-state index in [-0.39, 0.29) is 24.3 Å². The highest BCUT2D eigenvalue weighted by atomic mass is 35.5. The fraction of sp³-hybridized carbons (Fsp3) is 0.381. The number of nitrogens with two attached hydrogens (primary N) is 1. The minimum Gasteiger partial charge on any atom is -0.490 e. The summed E-state index contributed by atoms with van der Waals surface area (Å²) in [6.07, 6.45) is 0.715. The molecule has 28 heavy (non-hydrogen) atoms. The molecule has 0 amide bonds. The molecule has 2 N–H and O–H groups in total. The Morgan fingerprint density at radius 1 is 1.04 bits per heavy atom. The number of ketones is 1. The number of carbonyl (C=O) groups is 1. The SMILES string of the molecule is CC(C)(c1ccc(OCC(=O)CN)cc1)c1cc(Cl)c(OCCCCl)c(Cl)c1. The van der Waals surface area contributed by atoms with E-state index in [2.05, 4.69) is 13.8 Å². The first-order chi connectivity index (χ1) is 13.3. The molecular weight excluding hydrogens is 421 g/mol. The van der Waals surface area contributed by atoms with Crippen LogP contribution in [0.5, 0.6) is 11.5 Å². The van der Waals surface area contributed by atoms with Crippen LogP contribution in [0.2, 0.25) is 10.0 Å². The molecule has 0 saturated heterocycles. The zero-order chi connectivity index (χ0) is 20.7. The van der Waals surface area contributed by atoms with Crippen LogP contribution in [0.25, 0.3) is 0 Å². The van der Waals surface area contributed by atoms with E-state index >= 15 is 0 Å². The maximum absolute atomic E-state index is 11.3. The molecule has 0 unspecified atom stereocenters. The molecular formula is C21H24Cl3NO3. The first kappa shape index (κ1) is 22.8. The number of benzene rings is 2. The summed E-state index contributed by atoms with van der Waals surface area (Å²) in [5, 5.41) is 0.927. The zero-order valence-electron chi connectivity index (χ0n) is 15.9. The van der Waals surface area contributed by atoms with Gasteiger partial charge < -0.3 is 15.2 Å². The lowest BCUT2D eigenvalue weighted by atomic mass is 9.78. The summed E-state index contributed by atoms with van der Waals surface area (Å²) in [7, 11) is 0. The van der Waals surface area contributed by atoms with Crippen molar-refractivity contribution in [1.29, 1.82) is 0 Å². The van der Waals surface area contributed by atoms with Crippen molar-refractivity contribution in [3.05, 3.63) is 57.6 Å². The molecule has 0 saturated carbocycles.